The van der Waals surface area contributed by atoms with Crippen molar-refractivity contribution >= 4 is 12.2 Å². The van der Waals surface area contributed by atoms with Crippen LogP contribution >= 0.6 is 0 Å². The van der Waals surface area contributed by atoms with E-state index in [1.165, 1.54) is 4.90 Å². The highest BCUT2D eigenvalue weighted by Gasteiger charge is 2.39. The monoisotopic (exact) mass is 379 g/mol. The lowest BCUT2D eigenvalue weighted by Gasteiger charge is -2.22. The minimum absolute atomic E-state index is 0.130. The Morgan fingerprint density at radius 1 is 1.00 bits per heavy atom. The van der Waals surface area contributed by atoms with Gasteiger partial charge < -0.3 is 14.8 Å². The number of alkyl carbamates (subject to hydrolysis) is 1. The Bertz CT molecular complexity index is 836. The van der Waals surface area contributed by atoms with Crippen LogP contribution in [-0.2, 0) is 22.7 Å². The van der Waals surface area contributed by atoms with Gasteiger partial charge in [0.1, 0.15) is 19.3 Å². The molecule has 0 saturated carbocycles. The molecule has 2 amide bonds. The van der Waals surface area contributed by atoms with Crippen LogP contribution in [0.25, 0.3) is 0 Å². The van der Waals surface area contributed by atoms with Crippen LogP contribution in [0.4, 0.5) is 9.59 Å². The molecule has 1 N–H and O–H groups in total. The molecule has 0 spiro atoms. The minimum atomic E-state index is -0.799. The smallest absolute Gasteiger partial charge is 0.411 e. The van der Waals surface area contributed by atoms with Crippen LogP contribution in [0.15, 0.2) is 60.7 Å². The van der Waals surface area contributed by atoms with Crippen molar-refractivity contribution in [3.05, 3.63) is 71.8 Å². The van der Waals surface area contributed by atoms with Gasteiger partial charge in [-0.15, -0.1) is 0 Å². The molecule has 3 rings (SSSR count). The number of nitrogens with zero attached hydrogens (tertiary/aromatic N) is 2. The molecule has 0 bridgehead atoms. The predicted molar refractivity (Wildman–Crippen MR) is 101 cm³/mol. The maximum Gasteiger partial charge on any atom is 0.411 e. The second-order valence-corrected chi connectivity index (χ2v) is 6.41. The maximum absolute atomic E-state index is 12.3. The Kier molecular flexibility index (Phi) is 6.47. The number of hydrogen-bond donors (Lipinski definition) is 1. The number of benzene rings is 2. The molecule has 7 heteroatoms. The fourth-order valence-corrected chi connectivity index (χ4v) is 3.03. The molecular weight excluding hydrogens is 358 g/mol. The molecular formula is C21H21N3O4. The number of carbonyl (C=O) groups excluding carboxylic acids is 2. The topological polar surface area (TPSA) is 91.7 Å². The summed E-state index contributed by atoms with van der Waals surface area (Å²) in [4.78, 5) is 25.7. The van der Waals surface area contributed by atoms with Gasteiger partial charge in [-0.2, -0.15) is 5.26 Å². The largest absolute Gasteiger partial charge is 0.445 e. The first-order valence-electron chi connectivity index (χ1n) is 9.01. The molecule has 0 unspecified atom stereocenters. The normalized spacial score (nSPS) is 18.2. The van der Waals surface area contributed by atoms with Crippen LogP contribution in [0.1, 0.15) is 17.5 Å². The average molecular weight is 379 g/mol. The zero-order valence-corrected chi connectivity index (χ0v) is 15.3. The molecule has 7 nitrogen and oxygen atoms in total. The van der Waals surface area contributed by atoms with Crippen molar-refractivity contribution in [2.24, 2.45) is 0 Å². The van der Waals surface area contributed by atoms with Gasteiger partial charge in [0.25, 0.3) is 0 Å². The summed E-state index contributed by atoms with van der Waals surface area (Å²) in [6.07, 6.45) is -0.731. The summed E-state index contributed by atoms with van der Waals surface area (Å²) >= 11 is 0. The molecule has 0 aromatic heterocycles. The first-order chi connectivity index (χ1) is 13.7. The molecule has 2 aromatic carbocycles. The van der Waals surface area contributed by atoms with E-state index in [0.29, 0.717) is 13.0 Å². The lowest BCUT2D eigenvalue weighted by atomic mass is 10.1. The van der Waals surface area contributed by atoms with Crippen molar-refractivity contribution in [3.8, 4) is 6.07 Å². The van der Waals surface area contributed by atoms with Crippen molar-refractivity contribution in [1.29, 1.82) is 5.26 Å². The third kappa shape index (κ3) is 5.01. The van der Waals surface area contributed by atoms with Crippen LogP contribution in [0.2, 0.25) is 0 Å². The van der Waals surface area contributed by atoms with Gasteiger partial charge in [-0.25, -0.2) is 9.59 Å². The Morgan fingerprint density at radius 3 is 2.14 bits per heavy atom. The highest BCUT2D eigenvalue weighted by molar-refractivity contribution is 5.71. The van der Waals surface area contributed by atoms with E-state index in [-0.39, 0.29) is 13.2 Å². The molecule has 0 radical (unpaired) electrons. The van der Waals surface area contributed by atoms with E-state index in [2.05, 4.69) is 11.4 Å². The van der Waals surface area contributed by atoms with E-state index < -0.39 is 24.3 Å². The van der Waals surface area contributed by atoms with Crippen LogP contribution in [0.5, 0.6) is 0 Å². The number of carbonyl (C=O) groups is 2. The number of nitrogens with one attached hydrogen (secondary N) is 1. The van der Waals surface area contributed by atoms with Gasteiger partial charge in [0.15, 0.2) is 0 Å². The van der Waals surface area contributed by atoms with Gasteiger partial charge in [0.2, 0.25) is 0 Å². The average Bonchev–Trinajstić information content (AvgIpc) is 3.14. The van der Waals surface area contributed by atoms with Gasteiger partial charge in [-0.1, -0.05) is 60.7 Å². The van der Waals surface area contributed by atoms with Gasteiger partial charge >= 0.3 is 12.2 Å². The van der Waals surface area contributed by atoms with Crippen molar-refractivity contribution in [2.45, 2.75) is 31.7 Å². The van der Waals surface area contributed by atoms with Crippen molar-refractivity contribution in [1.82, 2.24) is 10.2 Å². The summed E-state index contributed by atoms with van der Waals surface area (Å²) < 4.78 is 10.5. The van der Waals surface area contributed by atoms with Gasteiger partial charge in [-0.3, -0.25) is 4.90 Å². The zero-order chi connectivity index (χ0) is 19.8. The van der Waals surface area contributed by atoms with Crippen LogP contribution in [-0.4, -0.2) is 35.7 Å². The number of amides is 2. The maximum atomic E-state index is 12.3. The summed E-state index contributed by atoms with van der Waals surface area (Å²) in [6.45, 7) is 0.598. The van der Waals surface area contributed by atoms with Crippen molar-refractivity contribution < 1.29 is 19.1 Å². The first-order valence-corrected chi connectivity index (χ1v) is 9.01. The van der Waals surface area contributed by atoms with Gasteiger partial charge in [0.05, 0.1) is 12.1 Å². The number of ether oxygens (including phenoxy) is 2. The molecule has 1 aliphatic rings. The number of nitriles is 1. The molecule has 2 aromatic rings. The zero-order valence-electron chi connectivity index (χ0n) is 15.3. The molecule has 1 fully saturated rings. The summed E-state index contributed by atoms with van der Waals surface area (Å²) in [5.41, 5.74) is 1.73. The van der Waals surface area contributed by atoms with E-state index in [1.54, 1.807) is 0 Å². The van der Waals surface area contributed by atoms with E-state index in [0.717, 1.165) is 11.1 Å². The number of likely N-dealkylation sites (tertiary alicyclic amines) is 1. The lowest BCUT2D eigenvalue weighted by Crippen LogP contribution is -2.46. The third-order valence-corrected chi connectivity index (χ3v) is 4.49. The summed E-state index contributed by atoms with van der Waals surface area (Å²) in [5.74, 6) is 0. The second kappa shape index (κ2) is 9.42. The highest BCUT2D eigenvalue weighted by atomic mass is 16.6. The Hall–Kier alpha value is -3.53. The van der Waals surface area contributed by atoms with E-state index in [4.69, 9.17) is 9.47 Å². The van der Waals surface area contributed by atoms with E-state index in [9.17, 15) is 14.9 Å². The summed E-state index contributed by atoms with van der Waals surface area (Å²) in [6, 6.07) is 19.4. The summed E-state index contributed by atoms with van der Waals surface area (Å²) in [7, 11) is 0. The molecule has 28 heavy (non-hydrogen) atoms. The quantitative estimate of drug-likeness (QED) is 0.861. The standard InChI is InChI=1S/C21H21N3O4/c22-13-19-18(23-20(25)27-14-16-7-3-1-4-8-16)11-12-24(19)21(26)28-15-17-9-5-2-6-10-17/h1-10,18-19H,11-12,14-15H2,(H,23,25)/t18-,19-/m1/s1. The van der Waals surface area contributed by atoms with Gasteiger partial charge in [-0.05, 0) is 17.5 Å². The summed E-state index contributed by atoms with van der Waals surface area (Å²) in [5, 5.41) is 12.1. The lowest BCUT2D eigenvalue weighted by molar-refractivity contribution is 0.0954. The number of rotatable bonds is 5. The molecule has 1 saturated heterocycles. The third-order valence-electron chi connectivity index (χ3n) is 4.49. The van der Waals surface area contributed by atoms with Gasteiger partial charge in [0, 0.05) is 6.54 Å². The fourth-order valence-electron chi connectivity index (χ4n) is 3.03. The van der Waals surface area contributed by atoms with E-state index >= 15 is 0 Å². The van der Waals surface area contributed by atoms with Crippen molar-refractivity contribution in [3.63, 3.8) is 0 Å². The number of hydrogen-bond acceptors (Lipinski definition) is 5. The molecule has 1 aliphatic heterocycles. The van der Waals surface area contributed by atoms with E-state index in [1.807, 2.05) is 60.7 Å². The van der Waals surface area contributed by atoms with Crippen LogP contribution in [0.3, 0.4) is 0 Å². The Morgan fingerprint density at radius 2 is 1.57 bits per heavy atom. The SMILES string of the molecule is N#C[C@@H]1[C@H](NC(=O)OCc2ccccc2)CCN1C(=O)OCc1ccccc1. The second-order valence-electron chi connectivity index (χ2n) is 6.41. The van der Waals surface area contributed by atoms with Crippen LogP contribution < -0.4 is 5.32 Å². The molecule has 1 heterocycles. The fraction of sp³-hybridized carbons (Fsp3) is 0.286. The molecule has 144 valence electrons. The van der Waals surface area contributed by atoms with Crippen LogP contribution in [0, 0.1) is 11.3 Å². The molecule has 2 atom stereocenters. The highest BCUT2D eigenvalue weighted by Crippen LogP contribution is 2.19. The Labute approximate surface area is 163 Å². The predicted octanol–water partition coefficient (Wildman–Crippen LogP) is 3.22. The molecule has 0 aliphatic carbocycles. The first kappa shape index (κ1) is 19.2. The van der Waals surface area contributed by atoms with Crippen molar-refractivity contribution in [2.75, 3.05) is 6.54 Å². The Balaban J connectivity index is 1.49. The minimum Gasteiger partial charge on any atom is -0.445 e.